The highest BCUT2D eigenvalue weighted by Gasteiger charge is 2.26. The number of carbonyl (C=O) groups excluding carboxylic acids is 1. The van der Waals surface area contributed by atoms with E-state index in [1.807, 2.05) is 23.2 Å². The van der Waals surface area contributed by atoms with Gasteiger partial charge in [-0.1, -0.05) is 0 Å². The van der Waals surface area contributed by atoms with Gasteiger partial charge in [0.15, 0.2) is 0 Å². The van der Waals surface area contributed by atoms with E-state index in [1.54, 1.807) is 0 Å². The van der Waals surface area contributed by atoms with Crippen molar-refractivity contribution < 1.29 is 4.79 Å². The van der Waals surface area contributed by atoms with Crippen molar-refractivity contribution in [1.82, 2.24) is 19.8 Å². The maximum atomic E-state index is 12.4. The lowest BCUT2D eigenvalue weighted by Gasteiger charge is -2.33. The van der Waals surface area contributed by atoms with Crippen LogP contribution in [0.25, 0.3) is 10.2 Å². The number of aromatic nitrogens is 2. The molecular weight excluding hydrogens is 382 g/mol. The van der Waals surface area contributed by atoms with E-state index in [9.17, 15) is 4.79 Å². The standard InChI is InChI=1S/C22H31N5OS/c1-15-23-21(20-17-6-2-3-7-18(17)29-22(20)24-15)25-16-8-12-26(13-9-16)14-19(28)27-10-4-5-11-27/h16H,2-14H2,1H3,(H,23,24,25). The highest BCUT2D eigenvalue weighted by atomic mass is 32.1. The van der Waals surface area contributed by atoms with Gasteiger partial charge in [0.25, 0.3) is 0 Å². The smallest absolute Gasteiger partial charge is 0.236 e. The summed E-state index contributed by atoms with van der Waals surface area (Å²) in [5.74, 6) is 2.21. The summed E-state index contributed by atoms with van der Waals surface area (Å²) < 4.78 is 0. The molecule has 7 heteroatoms. The van der Waals surface area contributed by atoms with Crippen molar-refractivity contribution in [1.29, 1.82) is 0 Å². The van der Waals surface area contributed by atoms with Gasteiger partial charge >= 0.3 is 0 Å². The van der Waals surface area contributed by atoms with Crippen molar-refractivity contribution in [3.63, 3.8) is 0 Å². The van der Waals surface area contributed by atoms with Crippen LogP contribution in [0, 0.1) is 6.92 Å². The second kappa shape index (κ2) is 8.19. The van der Waals surface area contributed by atoms with Gasteiger partial charge in [0.2, 0.25) is 5.91 Å². The number of hydrogen-bond donors (Lipinski definition) is 1. The Labute approximate surface area is 176 Å². The van der Waals surface area contributed by atoms with Crippen LogP contribution in [0.5, 0.6) is 0 Å². The third-order valence-electron chi connectivity index (χ3n) is 6.67. The molecule has 6 nitrogen and oxygen atoms in total. The van der Waals surface area contributed by atoms with Gasteiger partial charge in [-0.3, -0.25) is 9.69 Å². The molecule has 156 valence electrons. The Morgan fingerprint density at radius 1 is 1.07 bits per heavy atom. The Morgan fingerprint density at radius 2 is 1.83 bits per heavy atom. The lowest BCUT2D eigenvalue weighted by Crippen LogP contribution is -2.45. The number of hydrogen-bond acceptors (Lipinski definition) is 6. The van der Waals surface area contributed by atoms with Gasteiger partial charge in [-0.25, -0.2) is 9.97 Å². The fourth-order valence-corrected chi connectivity index (χ4v) is 6.36. The average molecular weight is 414 g/mol. The molecule has 0 aromatic carbocycles. The highest BCUT2D eigenvalue weighted by Crippen LogP contribution is 2.39. The van der Waals surface area contributed by atoms with Crippen LogP contribution >= 0.6 is 11.3 Å². The minimum Gasteiger partial charge on any atom is -0.367 e. The van der Waals surface area contributed by atoms with Crippen molar-refractivity contribution in [3.05, 3.63) is 16.3 Å². The Kier molecular flexibility index (Phi) is 5.43. The molecule has 0 atom stereocenters. The van der Waals surface area contributed by atoms with Crippen molar-refractivity contribution in [2.75, 3.05) is 38.0 Å². The van der Waals surface area contributed by atoms with E-state index in [1.165, 1.54) is 35.1 Å². The van der Waals surface area contributed by atoms with Gasteiger partial charge in [0.05, 0.1) is 11.9 Å². The number of carbonyl (C=O) groups is 1. The molecular formula is C22H31N5OS. The van der Waals surface area contributed by atoms with Crippen molar-refractivity contribution in [2.24, 2.45) is 0 Å². The third kappa shape index (κ3) is 3.99. The molecule has 5 rings (SSSR count). The van der Waals surface area contributed by atoms with E-state index in [4.69, 9.17) is 9.97 Å². The summed E-state index contributed by atoms with van der Waals surface area (Å²) >= 11 is 1.87. The predicted molar refractivity (Wildman–Crippen MR) is 118 cm³/mol. The lowest BCUT2D eigenvalue weighted by atomic mass is 9.96. The number of piperidine rings is 1. The monoisotopic (exact) mass is 413 g/mol. The Morgan fingerprint density at radius 3 is 2.62 bits per heavy atom. The molecule has 0 saturated carbocycles. The van der Waals surface area contributed by atoms with Gasteiger partial charge < -0.3 is 10.2 Å². The summed E-state index contributed by atoms with van der Waals surface area (Å²) in [5.41, 5.74) is 1.49. The minimum atomic E-state index is 0.312. The largest absolute Gasteiger partial charge is 0.367 e. The molecule has 1 amide bonds. The first kappa shape index (κ1) is 19.2. The summed E-state index contributed by atoms with van der Waals surface area (Å²) in [5, 5.41) is 5.04. The summed E-state index contributed by atoms with van der Waals surface area (Å²) in [6, 6.07) is 0.421. The number of aryl methyl sites for hydroxylation is 3. The summed E-state index contributed by atoms with van der Waals surface area (Å²) in [6.45, 7) is 6.44. The second-order valence-corrected chi connectivity index (χ2v) is 9.88. The fraction of sp³-hybridized carbons (Fsp3) is 0.682. The Hall–Kier alpha value is -1.73. The van der Waals surface area contributed by atoms with Gasteiger partial charge in [0, 0.05) is 37.1 Å². The molecule has 0 spiro atoms. The predicted octanol–water partition coefficient (Wildman–Crippen LogP) is 3.38. The molecule has 3 aliphatic rings. The van der Waals surface area contributed by atoms with E-state index in [2.05, 4.69) is 10.2 Å². The van der Waals surface area contributed by atoms with E-state index in [0.29, 0.717) is 18.5 Å². The maximum absolute atomic E-state index is 12.4. The fourth-order valence-electron chi connectivity index (χ4n) is 5.06. The van der Waals surface area contributed by atoms with Gasteiger partial charge in [-0.05, 0) is 63.9 Å². The molecule has 2 aliphatic heterocycles. The first-order valence-electron chi connectivity index (χ1n) is 11.2. The highest BCUT2D eigenvalue weighted by molar-refractivity contribution is 7.19. The van der Waals surface area contributed by atoms with Crippen molar-refractivity contribution in [2.45, 2.75) is 64.3 Å². The van der Waals surface area contributed by atoms with Crippen molar-refractivity contribution >= 4 is 33.3 Å². The molecule has 2 aromatic heterocycles. The molecule has 4 heterocycles. The van der Waals surface area contributed by atoms with Gasteiger partial charge in [-0.2, -0.15) is 0 Å². The van der Waals surface area contributed by atoms with Crippen LogP contribution in [0.1, 0.15) is 54.8 Å². The van der Waals surface area contributed by atoms with Crippen LogP contribution in [-0.4, -0.2) is 64.4 Å². The van der Waals surface area contributed by atoms with Crippen LogP contribution in [0.15, 0.2) is 0 Å². The molecule has 2 saturated heterocycles. The Balaban J connectivity index is 1.25. The quantitative estimate of drug-likeness (QED) is 0.833. The zero-order valence-corrected chi connectivity index (χ0v) is 18.2. The minimum absolute atomic E-state index is 0.312. The van der Waals surface area contributed by atoms with E-state index in [-0.39, 0.29) is 0 Å². The SMILES string of the molecule is Cc1nc(NC2CCN(CC(=O)N3CCCC3)CC2)c2c3c(sc2n1)CCCC3. The number of fused-ring (bicyclic) bond motifs is 3. The Bertz CT molecular complexity index is 896. The number of anilines is 1. The first-order valence-corrected chi connectivity index (χ1v) is 12.0. The molecule has 0 radical (unpaired) electrons. The normalized spacial score (nSPS) is 20.9. The summed E-state index contributed by atoms with van der Waals surface area (Å²) in [4.78, 5) is 29.0. The molecule has 2 aromatic rings. The second-order valence-electron chi connectivity index (χ2n) is 8.79. The number of nitrogens with one attached hydrogen (secondary N) is 1. The molecule has 29 heavy (non-hydrogen) atoms. The number of likely N-dealkylation sites (tertiary alicyclic amines) is 2. The van der Waals surface area contributed by atoms with Crippen LogP contribution < -0.4 is 5.32 Å². The zero-order valence-electron chi connectivity index (χ0n) is 17.4. The summed E-state index contributed by atoms with van der Waals surface area (Å²) in [6.07, 6.45) is 9.37. The molecule has 1 aliphatic carbocycles. The molecule has 0 bridgehead atoms. The molecule has 1 N–H and O–H groups in total. The topological polar surface area (TPSA) is 61.4 Å². The molecule has 0 unspecified atom stereocenters. The summed E-state index contributed by atoms with van der Waals surface area (Å²) in [7, 11) is 0. The van der Waals surface area contributed by atoms with Crippen LogP contribution in [0.3, 0.4) is 0 Å². The van der Waals surface area contributed by atoms with Crippen LogP contribution in [0.2, 0.25) is 0 Å². The number of amides is 1. The zero-order chi connectivity index (χ0) is 19.8. The van der Waals surface area contributed by atoms with E-state index < -0.39 is 0 Å². The lowest BCUT2D eigenvalue weighted by molar-refractivity contribution is -0.131. The van der Waals surface area contributed by atoms with Crippen molar-refractivity contribution in [3.8, 4) is 0 Å². The van der Waals surface area contributed by atoms with Gasteiger partial charge in [0.1, 0.15) is 16.5 Å². The first-order chi connectivity index (χ1) is 14.2. The van der Waals surface area contributed by atoms with Crippen LogP contribution in [0.4, 0.5) is 5.82 Å². The van der Waals surface area contributed by atoms with Gasteiger partial charge in [-0.15, -0.1) is 11.3 Å². The van der Waals surface area contributed by atoms with E-state index in [0.717, 1.165) is 74.8 Å². The number of nitrogens with zero attached hydrogens (tertiary/aromatic N) is 4. The maximum Gasteiger partial charge on any atom is 0.236 e. The number of thiophene rings is 1. The van der Waals surface area contributed by atoms with Crippen LogP contribution in [-0.2, 0) is 17.6 Å². The van der Waals surface area contributed by atoms with E-state index >= 15 is 0 Å². The third-order valence-corrected chi connectivity index (χ3v) is 7.86. The average Bonchev–Trinajstić information content (AvgIpc) is 3.37. The number of rotatable bonds is 4. The molecule has 2 fully saturated rings.